The van der Waals surface area contributed by atoms with Crippen molar-refractivity contribution in [3.8, 4) is 11.5 Å². The summed E-state index contributed by atoms with van der Waals surface area (Å²) in [5, 5.41) is 2.72. The Morgan fingerprint density at radius 3 is 2.39 bits per heavy atom. The van der Waals surface area contributed by atoms with Crippen molar-refractivity contribution < 1.29 is 19.1 Å². The Bertz CT molecular complexity index is 786. The summed E-state index contributed by atoms with van der Waals surface area (Å²) in [6.45, 7) is 2.75. The molecule has 2 amide bonds. The topological polar surface area (TPSA) is 90.7 Å². The molecular formula is C17H16N2O4. The van der Waals surface area contributed by atoms with Crippen molar-refractivity contribution in [1.82, 2.24) is 0 Å². The Kier molecular flexibility index (Phi) is 3.89. The van der Waals surface area contributed by atoms with Gasteiger partial charge in [-0.15, -0.1) is 0 Å². The molecule has 2 aromatic carbocycles. The lowest BCUT2D eigenvalue weighted by Crippen LogP contribution is -2.20. The van der Waals surface area contributed by atoms with Crippen LogP contribution in [0, 0.1) is 6.92 Å². The van der Waals surface area contributed by atoms with E-state index >= 15 is 0 Å². The summed E-state index contributed by atoms with van der Waals surface area (Å²) in [6, 6.07) is 10.0. The molecular weight excluding hydrogens is 296 g/mol. The molecule has 0 aliphatic carbocycles. The van der Waals surface area contributed by atoms with Gasteiger partial charge >= 0.3 is 0 Å². The average molecular weight is 312 g/mol. The van der Waals surface area contributed by atoms with Crippen molar-refractivity contribution in [3.05, 3.63) is 53.1 Å². The van der Waals surface area contributed by atoms with Gasteiger partial charge in [0.1, 0.15) is 13.2 Å². The summed E-state index contributed by atoms with van der Waals surface area (Å²) >= 11 is 0. The summed E-state index contributed by atoms with van der Waals surface area (Å²) in [7, 11) is 0. The van der Waals surface area contributed by atoms with Gasteiger partial charge in [0, 0.05) is 5.56 Å². The summed E-state index contributed by atoms with van der Waals surface area (Å²) in [5.41, 5.74) is 7.16. The van der Waals surface area contributed by atoms with Gasteiger partial charge in [-0.1, -0.05) is 12.1 Å². The molecule has 1 aliphatic rings. The molecule has 0 saturated heterocycles. The van der Waals surface area contributed by atoms with E-state index in [4.69, 9.17) is 15.2 Å². The van der Waals surface area contributed by atoms with Crippen LogP contribution in [0.4, 0.5) is 5.69 Å². The average Bonchev–Trinajstić information content (AvgIpc) is 2.54. The second kappa shape index (κ2) is 6.00. The second-order valence-electron chi connectivity index (χ2n) is 5.17. The molecule has 1 heterocycles. The van der Waals surface area contributed by atoms with Crippen LogP contribution in [0.1, 0.15) is 26.3 Å². The van der Waals surface area contributed by atoms with Crippen LogP contribution in [0.5, 0.6) is 11.5 Å². The molecule has 0 spiro atoms. The van der Waals surface area contributed by atoms with Gasteiger partial charge in [-0.3, -0.25) is 9.59 Å². The third-order valence-corrected chi connectivity index (χ3v) is 3.57. The van der Waals surface area contributed by atoms with E-state index < -0.39 is 5.91 Å². The molecule has 0 radical (unpaired) electrons. The quantitative estimate of drug-likeness (QED) is 0.908. The van der Waals surface area contributed by atoms with Gasteiger partial charge < -0.3 is 20.5 Å². The minimum atomic E-state index is -0.597. The first-order chi connectivity index (χ1) is 11.1. The Labute approximate surface area is 133 Å². The molecule has 1 aliphatic heterocycles. The number of carbonyl (C=O) groups is 2. The number of ether oxygens (including phenoxy) is 2. The number of hydrogen-bond acceptors (Lipinski definition) is 4. The zero-order valence-corrected chi connectivity index (χ0v) is 12.6. The van der Waals surface area contributed by atoms with Crippen LogP contribution in [0.15, 0.2) is 36.4 Å². The van der Waals surface area contributed by atoms with Crippen LogP contribution in [-0.4, -0.2) is 25.0 Å². The van der Waals surface area contributed by atoms with Gasteiger partial charge in [-0.2, -0.15) is 0 Å². The Balaban J connectivity index is 1.91. The molecule has 2 aromatic rings. The molecule has 6 nitrogen and oxygen atoms in total. The van der Waals surface area contributed by atoms with E-state index in [1.165, 1.54) is 0 Å². The van der Waals surface area contributed by atoms with E-state index in [1.54, 1.807) is 36.4 Å². The van der Waals surface area contributed by atoms with Crippen molar-refractivity contribution in [2.45, 2.75) is 6.92 Å². The highest BCUT2D eigenvalue weighted by Gasteiger charge is 2.19. The lowest BCUT2D eigenvalue weighted by Gasteiger charge is -2.20. The number of amides is 2. The predicted molar refractivity (Wildman–Crippen MR) is 85.1 cm³/mol. The number of rotatable bonds is 3. The monoisotopic (exact) mass is 312 g/mol. The molecule has 0 fully saturated rings. The largest absolute Gasteiger partial charge is 0.486 e. The number of hydrogen-bond donors (Lipinski definition) is 2. The number of nitrogens with one attached hydrogen (secondary N) is 1. The fraction of sp³-hybridized carbons (Fsp3) is 0.176. The lowest BCUT2D eigenvalue weighted by atomic mass is 10.1. The Morgan fingerprint density at radius 1 is 1.04 bits per heavy atom. The molecule has 3 rings (SSSR count). The highest BCUT2D eigenvalue weighted by molar-refractivity contribution is 6.09. The van der Waals surface area contributed by atoms with Gasteiger partial charge in [0.2, 0.25) is 0 Å². The SMILES string of the molecule is Cc1cc2c(cc1C(=O)Nc1ccccc1C(N)=O)OCCO2. The van der Waals surface area contributed by atoms with E-state index in [9.17, 15) is 9.59 Å². The minimum absolute atomic E-state index is 0.260. The number of aryl methyl sites for hydroxylation is 1. The normalized spacial score (nSPS) is 12.6. The summed E-state index contributed by atoms with van der Waals surface area (Å²) in [4.78, 5) is 24.0. The molecule has 6 heteroatoms. The molecule has 0 atom stereocenters. The van der Waals surface area contributed by atoms with E-state index in [1.807, 2.05) is 6.92 Å². The van der Waals surface area contributed by atoms with Crippen molar-refractivity contribution in [3.63, 3.8) is 0 Å². The number of para-hydroxylation sites is 1. The highest BCUT2D eigenvalue weighted by atomic mass is 16.6. The number of benzene rings is 2. The van der Waals surface area contributed by atoms with Gasteiger partial charge in [-0.05, 0) is 36.8 Å². The van der Waals surface area contributed by atoms with E-state index in [2.05, 4.69) is 5.32 Å². The van der Waals surface area contributed by atoms with Crippen LogP contribution in [0.2, 0.25) is 0 Å². The van der Waals surface area contributed by atoms with Gasteiger partial charge in [0.05, 0.1) is 11.3 Å². The molecule has 0 bridgehead atoms. The number of anilines is 1. The molecule has 23 heavy (non-hydrogen) atoms. The van der Waals surface area contributed by atoms with Gasteiger partial charge in [0.15, 0.2) is 11.5 Å². The first-order valence-electron chi connectivity index (χ1n) is 7.16. The number of fused-ring (bicyclic) bond motifs is 1. The predicted octanol–water partition coefficient (Wildman–Crippen LogP) is 2.12. The number of nitrogens with two attached hydrogens (primary N) is 1. The Morgan fingerprint density at radius 2 is 1.70 bits per heavy atom. The van der Waals surface area contributed by atoms with Crippen molar-refractivity contribution in [1.29, 1.82) is 0 Å². The van der Waals surface area contributed by atoms with Gasteiger partial charge in [0.25, 0.3) is 11.8 Å². The highest BCUT2D eigenvalue weighted by Crippen LogP contribution is 2.33. The van der Waals surface area contributed by atoms with E-state index in [-0.39, 0.29) is 11.5 Å². The van der Waals surface area contributed by atoms with E-state index in [0.717, 1.165) is 5.56 Å². The minimum Gasteiger partial charge on any atom is -0.486 e. The van der Waals surface area contributed by atoms with E-state index in [0.29, 0.717) is 36.0 Å². The first-order valence-corrected chi connectivity index (χ1v) is 7.16. The molecule has 0 aromatic heterocycles. The van der Waals surface area contributed by atoms with Crippen molar-refractivity contribution in [2.75, 3.05) is 18.5 Å². The maximum absolute atomic E-state index is 12.5. The summed E-state index contributed by atoms with van der Waals surface area (Å²) in [6.07, 6.45) is 0. The van der Waals surface area contributed by atoms with Crippen LogP contribution in [-0.2, 0) is 0 Å². The van der Waals surface area contributed by atoms with Crippen molar-refractivity contribution in [2.24, 2.45) is 5.73 Å². The fourth-order valence-corrected chi connectivity index (χ4v) is 2.43. The summed E-state index contributed by atoms with van der Waals surface area (Å²) < 4.78 is 11.0. The van der Waals surface area contributed by atoms with Gasteiger partial charge in [-0.25, -0.2) is 0 Å². The third kappa shape index (κ3) is 2.96. The van der Waals surface area contributed by atoms with Crippen molar-refractivity contribution >= 4 is 17.5 Å². The fourth-order valence-electron chi connectivity index (χ4n) is 2.43. The maximum atomic E-state index is 12.5. The molecule has 3 N–H and O–H groups in total. The first kappa shape index (κ1) is 14.9. The number of primary amides is 1. The van der Waals surface area contributed by atoms with Crippen LogP contribution in [0.25, 0.3) is 0 Å². The lowest BCUT2D eigenvalue weighted by molar-refractivity contribution is 0.100. The van der Waals surface area contributed by atoms with Crippen LogP contribution in [0.3, 0.4) is 0 Å². The molecule has 0 saturated carbocycles. The molecule has 0 unspecified atom stereocenters. The maximum Gasteiger partial charge on any atom is 0.256 e. The Hall–Kier alpha value is -3.02. The standard InChI is InChI=1S/C17H16N2O4/c1-10-8-14-15(23-7-6-22-14)9-12(10)17(21)19-13-5-3-2-4-11(13)16(18)20/h2-5,8-9H,6-7H2,1H3,(H2,18,20)(H,19,21). The zero-order chi connectivity index (χ0) is 16.4. The van der Waals surface area contributed by atoms with Crippen LogP contribution >= 0.6 is 0 Å². The number of carbonyl (C=O) groups excluding carboxylic acids is 2. The third-order valence-electron chi connectivity index (χ3n) is 3.57. The smallest absolute Gasteiger partial charge is 0.256 e. The van der Waals surface area contributed by atoms with Crippen LogP contribution < -0.4 is 20.5 Å². The second-order valence-corrected chi connectivity index (χ2v) is 5.17. The molecule has 118 valence electrons. The zero-order valence-electron chi connectivity index (χ0n) is 12.6. The summed E-state index contributed by atoms with van der Waals surface area (Å²) in [5.74, 6) is 0.228.